The average Bonchev–Trinajstić information content (AvgIpc) is 2.99. The summed E-state index contributed by atoms with van der Waals surface area (Å²) < 4.78 is 24.0. The van der Waals surface area contributed by atoms with E-state index in [0.29, 0.717) is 10.2 Å². The van der Waals surface area contributed by atoms with Crippen LogP contribution in [0.1, 0.15) is 29.1 Å². The molecule has 128 valence electrons. The minimum atomic E-state index is -0.507. The summed E-state index contributed by atoms with van der Waals surface area (Å²) in [6, 6.07) is 7.08. The van der Waals surface area contributed by atoms with E-state index in [4.69, 9.17) is 9.15 Å². The Morgan fingerprint density at radius 3 is 2.67 bits per heavy atom. The van der Waals surface area contributed by atoms with Gasteiger partial charge in [0.2, 0.25) is 5.91 Å². The van der Waals surface area contributed by atoms with Gasteiger partial charge in [-0.25, -0.2) is 4.39 Å². The topological polar surface area (TPSA) is 80.6 Å². The van der Waals surface area contributed by atoms with E-state index in [1.165, 1.54) is 25.3 Å². The number of hydrogen-bond acceptors (Lipinski definition) is 4. The number of methoxy groups -OCH3 is 1. The first-order chi connectivity index (χ1) is 11.4. The van der Waals surface area contributed by atoms with Crippen LogP contribution in [-0.2, 0) is 4.79 Å². The molecule has 2 aromatic rings. The van der Waals surface area contributed by atoms with E-state index >= 15 is 0 Å². The van der Waals surface area contributed by atoms with Crippen molar-refractivity contribution < 1.29 is 23.1 Å². The van der Waals surface area contributed by atoms with Gasteiger partial charge in [-0.15, -0.1) is 0 Å². The van der Waals surface area contributed by atoms with Gasteiger partial charge in [0.25, 0.3) is 5.91 Å². The SMILES string of the molecule is COc1ccc([C@@H](C)NC(=O)CNC(=O)c2ccc(Br)o2)cc1F. The highest BCUT2D eigenvalue weighted by Gasteiger charge is 2.15. The van der Waals surface area contributed by atoms with Gasteiger partial charge in [-0.1, -0.05) is 6.07 Å². The average molecular weight is 399 g/mol. The summed E-state index contributed by atoms with van der Waals surface area (Å²) in [5.41, 5.74) is 0.586. The molecule has 0 unspecified atom stereocenters. The fourth-order valence-electron chi connectivity index (χ4n) is 2.01. The number of amides is 2. The number of benzene rings is 1. The molecule has 2 N–H and O–H groups in total. The van der Waals surface area contributed by atoms with Gasteiger partial charge in [-0.05, 0) is 52.7 Å². The van der Waals surface area contributed by atoms with Crippen LogP contribution in [-0.4, -0.2) is 25.5 Å². The Labute approximate surface area is 146 Å². The van der Waals surface area contributed by atoms with E-state index in [-0.39, 0.29) is 18.1 Å². The van der Waals surface area contributed by atoms with Crippen LogP contribution in [0.25, 0.3) is 0 Å². The fraction of sp³-hybridized carbons (Fsp3) is 0.250. The van der Waals surface area contributed by atoms with Gasteiger partial charge < -0.3 is 19.8 Å². The van der Waals surface area contributed by atoms with E-state index in [1.807, 2.05) is 0 Å². The summed E-state index contributed by atoms with van der Waals surface area (Å²) in [5.74, 6) is -1.18. The Bertz CT molecular complexity index is 747. The van der Waals surface area contributed by atoms with Gasteiger partial charge in [0.1, 0.15) is 0 Å². The van der Waals surface area contributed by atoms with E-state index in [9.17, 15) is 14.0 Å². The number of carbonyl (C=O) groups is 2. The molecule has 0 radical (unpaired) electrons. The Morgan fingerprint density at radius 1 is 1.33 bits per heavy atom. The quantitative estimate of drug-likeness (QED) is 0.783. The molecule has 0 saturated carbocycles. The second-order valence-electron chi connectivity index (χ2n) is 4.97. The summed E-state index contributed by atoms with van der Waals surface area (Å²) in [4.78, 5) is 23.7. The van der Waals surface area contributed by atoms with Crippen LogP contribution in [0.3, 0.4) is 0 Å². The molecule has 24 heavy (non-hydrogen) atoms. The van der Waals surface area contributed by atoms with Crippen molar-refractivity contribution in [3.8, 4) is 5.75 Å². The van der Waals surface area contributed by atoms with E-state index < -0.39 is 23.7 Å². The van der Waals surface area contributed by atoms with Gasteiger partial charge in [0, 0.05) is 0 Å². The molecule has 1 heterocycles. The zero-order valence-corrected chi connectivity index (χ0v) is 14.6. The predicted molar refractivity (Wildman–Crippen MR) is 88.3 cm³/mol. The molecule has 8 heteroatoms. The first-order valence-electron chi connectivity index (χ1n) is 7.07. The van der Waals surface area contributed by atoms with Crippen LogP contribution in [0.15, 0.2) is 39.4 Å². The van der Waals surface area contributed by atoms with Crippen molar-refractivity contribution in [2.24, 2.45) is 0 Å². The smallest absolute Gasteiger partial charge is 0.287 e. The summed E-state index contributed by atoms with van der Waals surface area (Å²) in [6.07, 6.45) is 0. The molecule has 1 aromatic carbocycles. The lowest BCUT2D eigenvalue weighted by atomic mass is 10.1. The third-order valence-corrected chi connectivity index (χ3v) is 3.69. The number of nitrogens with one attached hydrogen (secondary N) is 2. The van der Waals surface area contributed by atoms with Gasteiger partial charge >= 0.3 is 0 Å². The van der Waals surface area contributed by atoms with Crippen LogP contribution < -0.4 is 15.4 Å². The third kappa shape index (κ3) is 4.58. The van der Waals surface area contributed by atoms with E-state index in [2.05, 4.69) is 26.6 Å². The monoisotopic (exact) mass is 398 g/mol. The second kappa shape index (κ2) is 7.96. The first kappa shape index (κ1) is 18.0. The molecule has 0 aliphatic rings. The highest BCUT2D eigenvalue weighted by Crippen LogP contribution is 2.21. The van der Waals surface area contributed by atoms with Crippen LogP contribution in [0.2, 0.25) is 0 Å². The van der Waals surface area contributed by atoms with Crippen molar-refractivity contribution in [1.82, 2.24) is 10.6 Å². The van der Waals surface area contributed by atoms with Crippen molar-refractivity contribution in [1.29, 1.82) is 0 Å². The maximum Gasteiger partial charge on any atom is 0.287 e. The van der Waals surface area contributed by atoms with Crippen LogP contribution >= 0.6 is 15.9 Å². The Morgan fingerprint density at radius 2 is 2.08 bits per heavy atom. The largest absolute Gasteiger partial charge is 0.494 e. The number of furan rings is 1. The van der Waals surface area contributed by atoms with Crippen LogP contribution in [0.4, 0.5) is 4.39 Å². The molecule has 6 nitrogen and oxygen atoms in total. The van der Waals surface area contributed by atoms with Crippen LogP contribution in [0.5, 0.6) is 5.75 Å². The molecule has 0 spiro atoms. The molecule has 0 bridgehead atoms. The Kier molecular flexibility index (Phi) is 5.97. The Balaban J connectivity index is 1.87. The number of hydrogen-bond donors (Lipinski definition) is 2. The minimum Gasteiger partial charge on any atom is -0.494 e. The maximum atomic E-state index is 13.7. The molecule has 2 rings (SSSR count). The molecule has 0 aliphatic heterocycles. The zero-order chi connectivity index (χ0) is 17.7. The summed E-state index contributed by atoms with van der Waals surface area (Å²) in [6.45, 7) is 1.49. The molecule has 1 atom stereocenters. The lowest BCUT2D eigenvalue weighted by molar-refractivity contribution is -0.120. The molecule has 0 fully saturated rings. The number of halogens is 2. The van der Waals surface area contributed by atoms with E-state index in [1.54, 1.807) is 19.1 Å². The number of rotatable bonds is 6. The molecular weight excluding hydrogens is 383 g/mol. The van der Waals surface area contributed by atoms with Crippen molar-refractivity contribution in [3.63, 3.8) is 0 Å². The maximum absolute atomic E-state index is 13.7. The van der Waals surface area contributed by atoms with Crippen molar-refractivity contribution in [3.05, 3.63) is 52.1 Å². The van der Waals surface area contributed by atoms with E-state index in [0.717, 1.165) is 0 Å². The molecule has 0 saturated heterocycles. The van der Waals surface area contributed by atoms with Gasteiger partial charge in [-0.3, -0.25) is 9.59 Å². The van der Waals surface area contributed by atoms with Crippen molar-refractivity contribution in [2.75, 3.05) is 13.7 Å². The molecule has 0 aliphatic carbocycles. The molecular formula is C16H16BrFN2O4. The van der Waals surface area contributed by atoms with Gasteiger partial charge in [0.05, 0.1) is 19.7 Å². The molecule has 1 aromatic heterocycles. The highest BCUT2D eigenvalue weighted by molar-refractivity contribution is 9.10. The van der Waals surface area contributed by atoms with Gasteiger partial charge in [0.15, 0.2) is 22.0 Å². The normalized spacial score (nSPS) is 11.7. The summed E-state index contributed by atoms with van der Waals surface area (Å²) >= 11 is 3.09. The third-order valence-electron chi connectivity index (χ3n) is 3.26. The van der Waals surface area contributed by atoms with Crippen molar-refractivity contribution in [2.45, 2.75) is 13.0 Å². The first-order valence-corrected chi connectivity index (χ1v) is 7.86. The molecule has 2 amide bonds. The lowest BCUT2D eigenvalue weighted by Gasteiger charge is -2.15. The minimum absolute atomic E-state index is 0.0972. The zero-order valence-electron chi connectivity index (χ0n) is 13.1. The van der Waals surface area contributed by atoms with Gasteiger partial charge in [-0.2, -0.15) is 0 Å². The fourth-order valence-corrected chi connectivity index (χ4v) is 2.32. The number of carbonyl (C=O) groups excluding carboxylic acids is 2. The standard InChI is InChI=1S/C16H16BrFN2O4/c1-9(10-3-4-12(23-2)11(18)7-10)20-15(21)8-19-16(22)13-5-6-14(17)24-13/h3-7,9H,8H2,1-2H3,(H,19,22)(H,20,21)/t9-/m1/s1. The van der Waals surface area contributed by atoms with Crippen LogP contribution in [0, 0.1) is 5.82 Å². The number of ether oxygens (including phenoxy) is 1. The Hall–Kier alpha value is -2.35. The lowest BCUT2D eigenvalue weighted by Crippen LogP contribution is -2.37. The summed E-state index contributed by atoms with van der Waals surface area (Å²) in [5, 5.41) is 5.11. The van der Waals surface area contributed by atoms with Crippen molar-refractivity contribution >= 4 is 27.7 Å². The second-order valence-corrected chi connectivity index (χ2v) is 5.75. The highest BCUT2D eigenvalue weighted by atomic mass is 79.9. The summed E-state index contributed by atoms with van der Waals surface area (Å²) in [7, 11) is 1.38. The predicted octanol–water partition coefficient (Wildman–Crippen LogP) is 2.80.